The lowest BCUT2D eigenvalue weighted by atomic mass is 10.2. The zero-order chi connectivity index (χ0) is 21.5. The Morgan fingerprint density at radius 2 is 1.94 bits per heavy atom. The smallest absolute Gasteiger partial charge is 0.228 e. The molecule has 3 aliphatic rings. The molecule has 0 spiro atoms. The summed E-state index contributed by atoms with van der Waals surface area (Å²) >= 11 is 0. The largest absolute Gasteiger partial charge is 0.362 e. The second-order valence-electron chi connectivity index (χ2n) is 9.24. The van der Waals surface area contributed by atoms with Crippen LogP contribution in [0.1, 0.15) is 48.6 Å². The van der Waals surface area contributed by atoms with Crippen LogP contribution in [-0.4, -0.2) is 55.3 Å². The van der Waals surface area contributed by atoms with E-state index < -0.39 is 0 Å². The van der Waals surface area contributed by atoms with E-state index in [2.05, 4.69) is 60.8 Å². The molecule has 2 aliphatic heterocycles. The fourth-order valence-electron chi connectivity index (χ4n) is 4.87. The number of aromatic amines is 2. The standard InChI is InChI=1S/C23H29N9/c1-14-2-7-19-20(8-14)30-21(29-19)10-24-22-18(15-3-4-15)9-26-27-13-25-23(31-22)32-11-16-5-6-17(12-32)28-16/h2,7-9,13,15-17,26,28H,3-6,10-12H2,1H3,(H,29,30)(H,24,25,27,31). The highest BCUT2D eigenvalue weighted by Gasteiger charge is 2.33. The molecule has 1 saturated carbocycles. The van der Waals surface area contributed by atoms with Crippen molar-refractivity contribution in [3.63, 3.8) is 0 Å². The van der Waals surface area contributed by atoms with Crippen molar-refractivity contribution >= 4 is 22.8 Å². The molecule has 1 aliphatic carbocycles. The van der Waals surface area contributed by atoms with Crippen LogP contribution in [-0.2, 0) is 6.54 Å². The Morgan fingerprint density at radius 3 is 2.75 bits per heavy atom. The van der Waals surface area contributed by atoms with Gasteiger partial charge >= 0.3 is 0 Å². The Kier molecular flexibility index (Phi) is 4.90. The molecule has 2 bridgehead atoms. The van der Waals surface area contributed by atoms with Crippen LogP contribution in [0.25, 0.3) is 11.0 Å². The second kappa shape index (κ2) is 8.05. The van der Waals surface area contributed by atoms with Gasteiger partial charge in [0, 0.05) is 36.9 Å². The van der Waals surface area contributed by atoms with Gasteiger partial charge < -0.3 is 20.5 Å². The van der Waals surface area contributed by atoms with Crippen molar-refractivity contribution in [2.45, 2.75) is 57.2 Å². The van der Waals surface area contributed by atoms with Gasteiger partial charge in [0.15, 0.2) is 0 Å². The summed E-state index contributed by atoms with van der Waals surface area (Å²) in [6.45, 7) is 4.52. The molecule has 2 unspecified atom stereocenters. The van der Waals surface area contributed by atoms with E-state index in [4.69, 9.17) is 9.97 Å². The number of piperazine rings is 1. The summed E-state index contributed by atoms with van der Waals surface area (Å²) < 4.78 is 0. The maximum absolute atomic E-state index is 5.05. The highest BCUT2D eigenvalue weighted by atomic mass is 15.3. The second-order valence-corrected chi connectivity index (χ2v) is 9.24. The van der Waals surface area contributed by atoms with Gasteiger partial charge in [0.05, 0.1) is 17.6 Å². The van der Waals surface area contributed by atoms with Crippen LogP contribution in [0.2, 0.25) is 0 Å². The average molecular weight is 432 g/mol. The van der Waals surface area contributed by atoms with Crippen molar-refractivity contribution in [2.75, 3.05) is 23.3 Å². The minimum Gasteiger partial charge on any atom is -0.362 e. The third kappa shape index (κ3) is 4.00. The van der Waals surface area contributed by atoms with E-state index in [1.165, 1.54) is 31.2 Å². The van der Waals surface area contributed by atoms with E-state index >= 15 is 0 Å². The van der Waals surface area contributed by atoms with Gasteiger partial charge in [-0.2, -0.15) is 15.1 Å². The first-order valence-electron chi connectivity index (χ1n) is 11.6. The molecule has 4 heterocycles. The predicted molar refractivity (Wildman–Crippen MR) is 124 cm³/mol. The molecular weight excluding hydrogens is 402 g/mol. The van der Waals surface area contributed by atoms with Gasteiger partial charge in [-0.1, -0.05) is 6.07 Å². The summed E-state index contributed by atoms with van der Waals surface area (Å²) in [5.74, 6) is 2.98. The van der Waals surface area contributed by atoms with E-state index in [9.17, 15) is 0 Å². The topological polar surface area (TPSA) is 110 Å². The first-order chi connectivity index (χ1) is 15.7. The van der Waals surface area contributed by atoms with Crippen LogP contribution in [0, 0.1) is 6.92 Å². The highest BCUT2D eigenvalue weighted by molar-refractivity contribution is 5.75. The molecule has 0 radical (unpaired) electrons. The van der Waals surface area contributed by atoms with Gasteiger partial charge in [0.1, 0.15) is 18.0 Å². The van der Waals surface area contributed by atoms with Gasteiger partial charge in [0.2, 0.25) is 5.95 Å². The molecule has 3 aromatic rings. The summed E-state index contributed by atoms with van der Waals surface area (Å²) in [5, 5.41) is 14.5. The lowest BCUT2D eigenvalue weighted by Gasteiger charge is -2.32. The number of aromatic nitrogens is 6. The van der Waals surface area contributed by atoms with Crippen LogP contribution in [0.15, 0.2) is 30.7 Å². The fraction of sp³-hybridized carbons (Fsp3) is 0.478. The number of fused-ring (bicyclic) bond motifs is 3. The molecule has 9 heteroatoms. The molecular formula is C23H29N9. The van der Waals surface area contributed by atoms with Crippen molar-refractivity contribution in [2.24, 2.45) is 0 Å². The van der Waals surface area contributed by atoms with Gasteiger partial charge in [-0.25, -0.2) is 4.98 Å². The number of nitrogens with one attached hydrogen (secondary N) is 4. The number of benzene rings is 1. The molecule has 1 aromatic carbocycles. The molecule has 3 fully saturated rings. The van der Waals surface area contributed by atoms with Gasteiger partial charge in [-0.3, -0.25) is 5.10 Å². The first-order valence-corrected chi connectivity index (χ1v) is 11.6. The third-order valence-corrected chi connectivity index (χ3v) is 6.64. The maximum Gasteiger partial charge on any atom is 0.228 e. The Labute approximate surface area is 186 Å². The maximum atomic E-state index is 5.05. The number of anilines is 2. The summed E-state index contributed by atoms with van der Waals surface area (Å²) in [4.78, 5) is 20.1. The number of nitrogens with zero attached hydrogens (tertiary/aromatic N) is 5. The Hall–Kier alpha value is -3.20. The minimum absolute atomic E-state index is 0.501. The quantitative estimate of drug-likeness (QED) is 0.492. The predicted octanol–water partition coefficient (Wildman–Crippen LogP) is 2.94. The van der Waals surface area contributed by atoms with Crippen LogP contribution in [0.5, 0.6) is 0 Å². The summed E-state index contributed by atoms with van der Waals surface area (Å²) in [7, 11) is 0. The van der Waals surface area contributed by atoms with Gasteiger partial charge in [-0.05, 0) is 56.2 Å². The summed E-state index contributed by atoms with van der Waals surface area (Å²) in [6.07, 6.45) is 8.31. The minimum atomic E-state index is 0.501. The van der Waals surface area contributed by atoms with E-state index in [-0.39, 0.29) is 0 Å². The number of imidazole rings is 1. The van der Waals surface area contributed by atoms with Gasteiger partial charge in [0.25, 0.3) is 0 Å². The lowest BCUT2D eigenvalue weighted by Crippen LogP contribution is -2.51. The third-order valence-electron chi connectivity index (χ3n) is 6.64. The molecule has 0 amide bonds. The van der Waals surface area contributed by atoms with Crippen molar-refractivity contribution < 1.29 is 0 Å². The molecule has 2 saturated heterocycles. The average Bonchev–Trinajstić information content (AvgIpc) is 3.44. The van der Waals surface area contributed by atoms with Crippen molar-refractivity contribution in [3.8, 4) is 0 Å². The Bertz CT molecular complexity index is 1170. The molecule has 2 aromatic heterocycles. The number of hydrogen-bond donors (Lipinski definition) is 4. The van der Waals surface area contributed by atoms with E-state index in [1.807, 2.05) is 6.20 Å². The van der Waals surface area contributed by atoms with Crippen molar-refractivity contribution in [1.29, 1.82) is 0 Å². The van der Waals surface area contributed by atoms with Crippen molar-refractivity contribution in [3.05, 3.63) is 47.7 Å². The van der Waals surface area contributed by atoms with E-state index in [0.717, 1.165) is 47.3 Å². The monoisotopic (exact) mass is 431 g/mol. The Morgan fingerprint density at radius 1 is 1.09 bits per heavy atom. The fourth-order valence-corrected chi connectivity index (χ4v) is 4.87. The van der Waals surface area contributed by atoms with E-state index in [1.54, 1.807) is 6.33 Å². The van der Waals surface area contributed by atoms with Crippen LogP contribution >= 0.6 is 0 Å². The van der Waals surface area contributed by atoms with Crippen LogP contribution < -0.4 is 15.5 Å². The molecule has 9 nitrogen and oxygen atoms in total. The van der Waals surface area contributed by atoms with E-state index in [0.29, 0.717) is 24.5 Å². The number of aryl methyl sites for hydroxylation is 1. The van der Waals surface area contributed by atoms with Crippen LogP contribution in [0.4, 0.5) is 11.8 Å². The molecule has 2 atom stereocenters. The normalized spacial score (nSPS) is 22.2. The lowest BCUT2D eigenvalue weighted by molar-refractivity contribution is 0.461. The first kappa shape index (κ1) is 19.5. The van der Waals surface area contributed by atoms with Gasteiger partial charge in [-0.15, -0.1) is 0 Å². The molecule has 166 valence electrons. The summed E-state index contributed by atoms with van der Waals surface area (Å²) in [6, 6.07) is 7.31. The number of hydrogen-bond acceptors (Lipinski definition) is 7. The zero-order valence-corrected chi connectivity index (χ0v) is 18.3. The Balaban J connectivity index is 1.34. The van der Waals surface area contributed by atoms with Crippen LogP contribution in [0.3, 0.4) is 0 Å². The molecule has 32 heavy (non-hydrogen) atoms. The SMILES string of the molecule is Cc1ccc2nc(CNc3nc(N4CC5CCC(C4)N5)ncn[nH]cc3C3CC3)[nH]c2c1. The highest BCUT2D eigenvalue weighted by Crippen LogP contribution is 2.42. The molecule has 6 rings (SSSR count). The summed E-state index contributed by atoms with van der Waals surface area (Å²) in [5.41, 5.74) is 4.42. The zero-order valence-electron chi connectivity index (χ0n) is 18.3. The molecule has 4 N–H and O–H groups in total. The number of rotatable bonds is 5. The van der Waals surface area contributed by atoms with Crippen molar-refractivity contribution in [1.82, 2.24) is 35.5 Å². The number of H-pyrrole nitrogens is 2.